The van der Waals surface area contributed by atoms with Crippen LogP contribution in [0.4, 0.5) is 4.39 Å². The summed E-state index contributed by atoms with van der Waals surface area (Å²) >= 11 is 0. The summed E-state index contributed by atoms with van der Waals surface area (Å²) in [6.07, 6.45) is 1.36. The van der Waals surface area contributed by atoms with E-state index in [9.17, 15) is 22.7 Å². The highest BCUT2D eigenvalue weighted by Gasteiger charge is 2.30. The molecule has 2 aromatic rings. The van der Waals surface area contributed by atoms with Crippen LogP contribution in [0.3, 0.4) is 0 Å². The normalized spacial score (nSPS) is 17.1. The van der Waals surface area contributed by atoms with E-state index < -0.39 is 21.9 Å². The molecule has 0 saturated carbocycles. The van der Waals surface area contributed by atoms with Gasteiger partial charge < -0.3 is 10.4 Å². The second-order valence-corrected chi connectivity index (χ2v) is 9.07. The van der Waals surface area contributed by atoms with Gasteiger partial charge in [0.1, 0.15) is 5.82 Å². The Morgan fingerprint density at radius 1 is 1.17 bits per heavy atom. The van der Waals surface area contributed by atoms with Gasteiger partial charge in [-0.25, -0.2) is 12.8 Å². The predicted octanol–water partition coefficient (Wildman–Crippen LogP) is 2.69. The summed E-state index contributed by atoms with van der Waals surface area (Å²) in [6, 6.07) is 14.8. The number of hydrogen-bond acceptors (Lipinski definition) is 4. The minimum absolute atomic E-state index is 0.0272. The summed E-state index contributed by atoms with van der Waals surface area (Å²) in [7, 11) is -3.55. The van der Waals surface area contributed by atoms with Crippen LogP contribution in [0.15, 0.2) is 60.0 Å². The molecule has 3 rings (SSSR count). The van der Waals surface area contributed by atoms with Crippen LogP contribution < -0.4 is 5.32 Å². The topological polar surface area (TPSA) is 86.7 Å². The molecule has 6 nitrogen and oxygen atoms in total. The fourth-order valence-electron chi connectivity index (χ4n) is 3.36. The molecular weight excluding hydrogens is 407 g/mol. The van der Waals surface area contributed by atoms with Gasteiger partial charge in [-0.2, -0.15) is 4.31 Å². The molecule has 1 unspecified atom stereocenters. The van der Waals surface area contributed by atoms with Gasteiger partial charge in [-0.3, -0.25) is 4.79 Å². The van der Waals surface area contributed by atoms with E-state index in [1.54, 1.807) is 12.1 Å². The number of rotatable bonds is 7. The molecule has 30 heavy (non-hydrogen) atoms. The van der Waals surface area contributed by atoms with Crippen molar-refractivity contribution in [3.05, 3.63) is 76.9 Å². The minimum Gasteiger partial charge on any atom is -0.387 e. The summed E-state index contributed by atoms with van der Waals surface area (Å²) in [5.41, 5.74) is 1.19. The number of amides is 1. The second kappa shape index (κ2) is 9.97. The third-order valence-electron chi connectivity index (χ3n) is 5.12. The van der Waals surface area contributed by atoms with Gasteiger partial charge in [0.25, 0.3) is 0 Å². The number of sulfonamides is 1. The number of aliphatic hydroxyl groups is 1. The first kappa shape index (κ1) is 22.1. The molecule has 1 amide bonds. The first-order chi connectivity index (χ1) is 14.3. The number of piperidine rings is 1. The number of halogens is 1. The van der Waals surface area contributed by atoms with Crippen molar-refractivity contribution >= 4 is 22.0 Å². The average Bonchev–Trinajstić information content (AvgIpc) is 2.76. The van der Waals surface area contributed by atoms with E-state index >= 15 is 0 Å². The van der Waals surface area contributed by atoms with Gasteiger partial charge in [0, 0.05) is 31.0 Å². The van der Waals surface area contributed by atoms with Crippen LogP contribution in [-0.2, 0) is 14.8 Å². The van der Waals surface area contributed by atoms with Gasteiger partial charge in [-0.15, -0.1) is 0 Å². The molecule has 8 heteroatoms. The largest absolute Gasteiger partial charge is 0.387 e. The Balaban J connectivity index is 1.48. The molecule has 1 aliphatic rings. The Hall–Kier alpha value is -2.55. The number of carbonyl (C=O) groups excluding carboxylic acids is 1. The monoisotopic (exact) mass is 432 g/mol. The van der Waals surface area contributed by atoms with Crippen molar-refractivity contribution in [3.8, 4) is 0 Å². The standard InChI is InChI=1S/C22H25FN2O4S/c23-20-8-4-7-19(15-20)21(26)16-24-22(27)18-9-12-25(13-10-18)30(28,29)14-11-17-5-2-1-3-6-17/h1-8,11,14-15,18,21,26H,9-10,12-13,16H2,(H,24,27)/b14-11+. The quantitative estimate of drug-likeness (QED) is 0.704. The highest BCUT2D eigenvalue weighted by molar-refractivity contribution is 7.92. The van der Waals surface area contributed by atoms with E-state index in [-0.39, 0.29) is 31.5 Å². The highest BCUT2D eigenvalue weighted by Crippen LogP contribution is 2.21. The Bertz CT molecular complexity index is 987. The molecular formula is C22H25FN2O4S. The summed E-state index contributed by atoms with van der Waals surface area (Å²) in [4.78, 5) is 12.4. The van der Waals surface area contributed by atoms with E-state index in [0.29, 0.717) is 18.4 Å². The summed E-state index contributed by atoms with van der Waals surface area (Å²) in [5, 5.41) is 14.0. The third kappa shape index (κ3) is 5.98. The van der Waals surface area contributed by atoms with E-state index in [1.165, 1.54) is 27.9 Å². The van der Waals surface area contributed by atoms with Crippen LogP contribution in [0.1, 0.15) is 30.1 Å². The lowest BCUT2D eigenvalue weighted by Crippen LogP contribution is -2.43. The molecule has 0 spiro atoms. The molecule has 1 aliphatic heterocycles. The number of hydrogen-bond donors (Lipinski definition) is 2. The van der Waals surface area contributed by atoms with Gasteiger partial charge >= 0.3 is 0 Å². The second-order valence-electron chi connectivity index (χ2n) is 7.25. The van der Waals surface area contributed by atoms with E-state index in [1.807, 2.05) is 30.3 Å². The van der Waals surface area contributed by atoms with Crippen molar-refractivity contribution in [3.63, 3.8) is 0 Å². The molecule has 0 bridgehead atoms. The lowest BCUT2D eigenvalue weighted by atomic mass is 9.97. The van der Waals surface area contributed by atoms with Crippen molar-refractivity contribution < 1.29 is 22.7 Å². The number of nitrogens with zero attached hydrogens (tertiary/aromatic N) is 1. The molecule has 160 valence electrons. The van der Waals surface area contributed by atoms with Crippen LogP contribution >= 0.6 is 0 Å². The van der Waals surface area contributed by atoms with E-state index in [0.717, 1.165) is 5.56 Å². The molecule has 2 N–H and O–H groups in total. The fourth-order valence-corrected chi connectivity index (χ4v) is 4.58. The molecule has 1 heterocycles. The first-order valence-electron chi connectivity index (χ1n) is 9.80. The van der Waals surface area contributed by atoms with Crippen molar-refractivity contribution in [2.75, 3.05) is 19.6 Å². The van der Waals surface area contributed by atoms with E-state index in [2.05, 4.69) is 5.32 Å². The molecule has 1 atom stereocenters. The molecule has 2 aromatic carbocycles. The maximum Gasteiger partial charge on any atom is 0.236 e. The predicted molar refractivity (Wildman–Crippen MR) is 113 cm³/mol. The van der Waals surface area contributed by atoms with Gasteiger partial charge in [0.05, 0.1) is 6.10 Å². The average molecular weight is 433 g/mol. The molecule has 0 radical (unpaired) electrons. The van der Waals surface area contributed by atoms with Gasteiger partial charge in [-0.05, 0) is 42.2 Å². The molecule has 1 saturated heterocycles. The van der Waals surface area contributed by atoms with Crippen LogP contribution in [0.25, 0.3) is 6.08 Å². The van der Waals surface area contributed by atoms with Crippen LogP contribution in [-0.4, -0.2) is 43.4 Å². The highest BCUT2D eigenvalue weighted by atomic mass is 32.2. The smallest absolute Gasteiger partial charge is 0.236 e. The summed E-state index contributed by atoms with van der Waals surface area (Å²) in [5.74, 6) is -1.01. The number of aliphatic hydroxyl groups excluding tert-OH is 1. The van der Waals surface area contributed by atoms with E-state index in [4.69, 9.17) is 0 Å². The van der Waals surface area contributed by atoms with Gasteiger partial charge in [0.2, 0.25) is 15.9 Å². The Kier molecular flexibility index (Phi) is 7.36. The number of nitrogens with one attached hydrogen (secondary N) is 1. The van der Waals surface area contributed by atoms with Crippen molar-refractivity contribution in [2.45, 2.75) is 18.9 Å². The van der Waals surface area contributed by atoms with Gasteiger partial charge in [0.15, 0.2) is 0 Å². The SMILES string of the molecule is O=C(NCC(O)c1cccc(F)c1)C1CCN(S(=O)(=O)/C=C/c2ccccc2)CC1. The lowest BCUT2D eigenvalue weighted by Gasteiger charge is -2.29. The number of benzene rings is 2. The van der Waals surface area contributed by atoms with Crippen molar-refractivity contribution in [2.24, 2.45) is 5.92 Å². The van der Waals surface area contributed by atoms with Crippen molar-refractivity contribution in [1.82, 2.24) is 9.62 Å². The maximum atomic E-state index is 13.2. The van der Waals surface area contributed by atoms with Crippen LogP contribution in [0.2, 0.25) is 0 Å². The third-order valence-corrected chi connectivity index (χ3v) is 6.68. The van der Waals surface area contributed by atoms with Gasteiger partial charge in [-0.1, -0.05) is 42.5 Å². The van der Waals surface area contributed by atoms with Crippen LogP contribution in [0, 0.1) is 11.7 Å². The van der Waals surface area contributed by atoms with Crippen LogP contribution in [0.5, 0.6) is 0 Å². The lowest BCUT2D eigenvalue weighted by molar-refractivity contribution is -0.126. The zero-order chi connectivity index (χ0) is 21.6. The zero-order valence-electron chi connectivity index (χ0n) is 16.4. The molecule has 1 fully saturated rings. The minimum atomic E-state index is -3.55. The van der Waals surface area contributed by atoms with Crippen molar-refractivity contribution in [1.29, 1.82) is 0 Å². The Morgan fingerprint density at radius 3 is 2.53 bits per heavy atom. The Labute approximate surface area is 176 Å². The molecule has 0 aliphatic carbocycles. The zero-order valence-corrected chi connectivity index (χ0v) is 17.3. The maximum absolute atomic E-state index is 13.2. The fraction of sp³-hybridized carbons (Fsp3) is 0.318. The summed E-state index contributed by atoms with van der Waals surface area (Å²) in [6.45, 7) is 0.485. The Morgan fingerprint density at radius 2 is 1.87 bits per heavy atom. The molecule has 0 aromatic heterocycles. The summed E-state index contributed by atoms with van der Waals surface area (Å²) < 4.78 is 39.6. The first-order valence-corrected chi connectivity index (χ1v) is 11.3. The number of carbonyl (C=O) groups is 1.